The van der Waals surface area contributed by atoms with Crippen LogP contribution in [-0.2, 0) is 12.8 Å². The number of hydrogen-bond acceptors (Lipinski definition) is 3. The number of aromatic amines is 1. The Morgan fingerprint density at radius 3 is 3.26 bits per heavy atom. The molecule has 7 heteroatoms. The molecule has 23 heavy (non-hydrogen) atoms. The number of amides is 2. The van der Waals surface area contributed by atoms with Crippen molar-refractivity contribution in [2.75, 3.05) is 18.6 Å². The minimum absolute atomic E-state index is 0.00421. The lowest BCUT2D eigenvalue weighted by atomic mass is 9.94. The molecule has 2 amide bonds. The number of nitrogens with zero attached hydrogens (tertiary/aromatic N) is 1. The van der Waals surface area contributed by atoms with Gasteiger partial charge in [-0.05, 0) is 30.5 Å². The van der Waals surface area contributed by atoms with E-state index < -0.39 is 6.67 Å². The van der Waals surface area contributed by atoms with Crippen molar-refractivity contribution in [1.82, 2.24) is 15.5 Å². The summed E-state index contributed by atoms with van der Waals surface area (Å²) in [4.78, 5) is 12.1. The number of urea groups is 1. The number of aryl methyl sites for hydroxylation is 1. The quantitative estimate of drug-likeness (QED) is 0.792. The van der Waals surface area contributed by atoms with E-state index in [-0.39, 0.29) is 18.7 Å². The van der Waals surface area contributed by atoms with E-state index in [9.17, 15) is 9.18 Å². The first-order valence-corrected chi connectivity index (χ1v) is 7.62. The zero-order valence-electron chi connectivity index (χ0n) is 12.6. The summed E-state index contributed by atoms with van der Waals surface area (Å²) in [7, 11) is 0. The fourth-order valence-electron chi connectivity index (χ4n) is 2.70. The van der Waals surface area contributed by atoms with Gasteiger partial charge in [0.05, 0.1) is 6.20 Å². The molecule has 1 aromatic carbocycles. The van der Waals surface area contributed by atoms with Crippen LogP contribution >= 0.6 is 0 Å². The Balaban J connectivity index is 1.53. The van der Waals surface area contributed by atoms with E-state index in [0.29, 0.717) is 11.4 Å². The van der Waals surface area contributed by atoms with Crippen molar-refractivity contribution >= 4 is 11.7 Å². The minimum atomic E-state index is -0.546. The number of rotatable bonds is 5. The summed E-state index contributed by atoms with van der Waals surface area (Å²) in [5, 5.41) is 12.7. The molecule has 1 unspecified atom stereocenters. The average Bonchev–Trinajstić information content (AvgIpc) is 3.01. The van der Waals surface area contributed by atoms with Crippen molar-refractivity contribution in [3.8, 4) is 5.75 Å². The molecule has 1 aliphatic rings. The van der Waals surface area contributed by atoms with Crippen LogP contribution in [-0.4, -0.2) is 35.6 Å². The van der Waals surface area contributed by atoms with Crippen LogP contribution in [0.15, 0.2) is 30.5 Å². The zero-order valence-corrected chi connectivity index (χ0v) is 12.6. The third-order valence-corrected chi connectivity index (χ3v) is 3.79. The molecule has 1 atom stereocenters. The van der Waals surface area contributed by atoms with E-state index in [4.69, 9.17) is 4.74 Å². The number of halogens is 1. The van der Waals surface area contributed by atoms with E-state index in [0.717, 1.165) is 25.0 Å². The highest BCUT2D eigenvalue weighted by molar-refractivity contribution is 5.89. The van der Waals surface area contributed by atoms with Gasteiger partial charge in [0, 0.05) is 29.9 Å². The number of alkyl halides is 1. The lowest BCUT2D eigenvalue weighted by Gasteiger charge is -2.23. The highest BCUT2D eigenvalue weighted by Gasteiger charge is 2.21. The van der Waals surface area contributed by atoms with Crippen LogP contribution in [0.1, 0.15) is 17.7 Å². The van der Waals surface area contributed by atoms with E-state index >= 15 is 0 Å². The number of hydrogen-bond donors (Lipinski definition) is 3. The number of carbonyl (C=O) groups excluding carboxylic acids is 1. The first kappa shape index (κ1) is 15.3. The van der Waals surface area contributed by atoms with Crippen LogP contribution in [0.4, 0.5) is 14.9 Å². The van der Waals surface area contributed by atoms with E-state index in [2.05, 4.69) is 20.8 Å². The molecule has 122 valence electrons. The van der Waals surface area contributed by atoms with E-state index in [1.165, 1.54) is 5.56 Å². The van der Waals surface area contributed by atoms with Crippen LogP contribution in [0.2, 0.25) is 0 Å². The summed E-state index contributed by atoms with van der Waals surface area (Å²) < 4.78 is 17.3. The molecule has 0 bridgehead atoms. The molecule has 0 spiro atoms. The molecule has 6 nitrogen and oxygen atoms in total. The van der Waals surface area contributed by atoms with Gasteiger partial charge in [-0.1, -0.05) is 6.07 Å². The Labute approximate surface area is 133 Å². The number of aromatic nitrogens is 2. The molecule has 1 aliphatic carbocycles. The van der Waals surface area contributed by atoms with Crippen LogP contribution in [0.25, 0.3) is 0 Å². The van der Waals surface area contributed by atoms with Crippen molar-refractivity contribution in [2.45, 2.75) is 25.3 Å². The van der Waals surface area contributed by atoms with Crippen LogP contribution < -0.4 is 15.4 Å². The van der Waals surface area contributed by atoms with Gasteiger partial charge in [-0.2, -0.15) is 5.10 Å². The number of H-pyrrole nitrogens is 1. The molecule has 0 saturated carbocycles. The summed E-state index contributed by atoms with van der Waals surface area (Å²) in [6.07, 6.45) is 4.39. The Morgan fingerprint density at radius 1 is 1.48 bits per heavy atom. The van der Waals surface area contributed by atoms with Gasteiger partial charge >= 0.3 is 6.03 Å². The van der Waals surface area contributed by atoms with Gasteiger partial charge in [0.2, 0.25) is 0 Å². The molecular weight excluding hydrogens is 299 g/mol. The molecule has 1 aromatic heterocycles. The first-order valence-electron chi connectivity index (χ1n) is 7.62. The molecule has 0 fully saturated rings. The predicted molar refractivity (Wildman–Crippen MR) is 84.5 cm³/mol. The fraction of sp³-hybridized carbons (Fsp3) is 0.375. The average molecular weight is 318 g/mol. The van der Waals surface area contributed by atoms with Crippen LogP contribution in [0.3, 0.4) is 0 Å². The van der Waals surface area contributed by atoms with Crippen molar-refractivity contribution in [1.29, 1.82) is 0 Å². The lowest BCUT2D eigenvalue weighted by molar-refractivity contribution is 0.247. The summed E-state index contributed by atoms with van der Waals surface area (Å²) >= 11 is 0. The second-order valence-corrected chi connectivity index (χ2v) is 5.48. The van der Waals surface area contributed by atoms with Crippen LogP contribution in [0.5, 0.6) is 5.75 Å². The number of anilines is 1. The summed E-state index contributed by atoms with van der Waals surface area (Å²) in [6.45, 7) is -0.542. The maximum absolute atomic E-state index is 12.1. The predicted octanol–water partition coefficient (Wildman–Crippen LogP) is 2.44. The van der Waals surface area contributed by atoms with E-state index in [1.54, 1.807) is 24.3 Å². The van der Waals surface area contributed by atoms with Gasteiger partial charge in [0.1, 0.15) is 19.0 Å². The summed E-state index contributed by atoms with van der Waals surface area (Å²) in [5.41, 5.74) is 2.92. The van der Waals surface area contributed by atoms with Gasteiger partial charge in [-0.25, -0.2) is 9.18 Å². The second-order valence-electron chi connectivity index (χ2n) is 5.48. The van der Waals surface area contributed by atoms with Crippen molar-refractivity contribution < 1.29 is 13.9 Å². The Kier molecular flexibility index (Phi) is 4.75. The van der Waals surface area contributed by atoms with Crippen molar-refractivity contribution in [3.05, 3.63) is 41.7 Å². The van der Waals surface area contributed by atoms with Gasteiger partial charge in [0.15, 0.2) is 0 Å². The first-order chi connectivity index (χ1) is 11.2. The third-order valence-electron chi connectivity index (χ3n) is 3.79. The molecular formula is C16H19FN4O2. The number of nitrogens with one attached hydrogen (secondary N) is 3. The van der Waals surface area contributed by atoms with Gasteiger partial charge in [-0.3, -0.25) is 5.10 Å². The fourth-order valence-corrected chi connectivity index (χ4v) is 2.70. The Bertz CT molecular complexity index is 674. The molecule has 2 aromatic rings. The second kappa shape index (κ2) is 7.13. The topological polar surface area (TPSA) is 79.0 Å². The molecule has 3 rings (SSSR count). The standard InChI is InChI=1S/C16H19FN4O2/c17-6-7-23-14-3-1-2-12(8-14)19-16(22)20-13-5-4-11-10-18-21-15(11)9-13/h1-3,8,10,13H,4-7,9H2,(H,18,21)(H2,19,20,22). The normalized spacial score (nSPS) is 16.5. The maximum atomic E-state index is 12.1. The summed E-state index contributed by atoms with van der Waals surface area (Å²) in [5.74, 6) is 0.528. The highest BCUT2D eigenvalue weighted by atomic mass is 19.1. The molecule has 0 radical (unpaired) electrons. The third kappa shape index (κ3) is 4.00. The SMILES string of the molecule is O=C(Nc1cccc(OCCF)c1)NC1CCc2cn[nH]c2C1. The Morgan fingerprint density at radius 2 is 2.39 bits per heavy atom. The highest BCUT2D eigenvalue weighted by Crippen LogP contribution is 2.20. The van der Waals surface area contributed by atoms with Gasteiger partial charge in [0.25, 0.3) is 0 Å². The number of benzene rings is 1. The Hall–Kier alpha value is -2.57. The maximum Gasteiger partial charge on any atom is 0.319 e. The number of ether oxygens (including phenoxy) is 1. The largest absolute Gasteiger partial charge is 0.491 e. The number of carbonyl (C=O) groups is 1. The lowest BCUT2D eigenvalue weighted by Crippen LogP contribution is -2.41. The molecule has 1 heterocycles. The van der Waals surface area contributed by atoms with Crippen molar-refractivity contribution in [3.63, 3.8) is 0 Å². The van der Waals surface area contributed by atoms with Crippen LogP contribution in [0, 0.1) is 0 Å². The molecule has 3 N–H and O–H groups in total. The zero-order chi connectivity index (χ0) is 16.1. The minimum Gasteiger partial charge on any atom is -0.491 e. The molecule has 0 aliphatic heterocycles. The van der Waals surface area contributed by atoms with Crippen molar-refractivity contribution in [2.24, 2.45) is 0 Å². The monoisotopic (exact) mass is 318 g/mol. The smallest absolute Gasteiger partial charge is 0.319 e. The number of fused-ring (bicyclic) bond motifs is 1. The van der Waals surface area contributed by atoms with E-state index in [1.807, 2.05) is 6.20 Å². The molecule has 0 saturated heterocycles. The van der Waals surface area contributed by atoms with Gasteiger partial charge < -0.3 is 15.4 Å². The summed E-state index contributed by atoms with van der Waals surface area (Å²) in [6, 6.07) is 6.72. The van der Waals surface area contributed by atoms with Gasteiger partial charge in [-0.15, -0.1) is 0 Å².